The van der Waals surface area contributed by atoms with Crippen molar-refractivity contribution in [3.8, 4) is 55.6 Å². The molecule has 0 spiro atoms. The molecule has 0 unspecified atom stereocenters. The van der Waals surface area contributed by atoms with Crippen LogP contribution in [0.3, 0.4) is 0 Å². The number of para-hydroxylation sites is 1. The van der Waals surface area contributed by atoms with E-state index >= 15 is 0 Å². The monoisotopic (exact) mass is 1330 g/mol. The standard InChI is InChI=1S/C30H27N.C25H21N.C23H21N.C21H19N/c1-29(2)25-11-7-5-9-21(25)23-15-13-19(17-27(23)29)31-20-14-16-24-22-10-6-8-12-26(22)30(3,4)28(24)18-20;1-25(2)23-10-6-5-9-21(23)22-16-20(13-14-24(22)25)26-19-12-11-17-7-3-4-8-18(17)15-19;1-4-16-9-11-17(12-10-16)24-18-13-14-22-20(15-18)19-7-5-6-8-21(19)23(22,2)3;1-21(2)19-11-7-6-10-17(19)18-14-16(12-13-20(18)21)22-15-8-4-3-5-9-15/h5-18,31H,1-4H3;3-16,26H,1-2H3;4-15,24H,1H2,2-3H3;3-14,22H,1-2H3. The molecule has 14 aromatic rings. The molecule has 4 nitrogen and oxygen atoms in total. The molecule has 5 aliphatic rings. The van der Waals surface area contributed by atoms with E-state index in [-0.39, 0.29) is 27.1 Å². The quantitative estimate of drug-likeness (QED) is 0.116. The van der Waals surface area contributed by atoms with E-state index in [1.54, 1.807) is 0 Å². The summed E-state index contributed by atoms with van der Waals surface area (Å²) in [5.41, 5.74) is 38.0. The average Bonchev–Trinajstić information content (AvgIpc) is 1.60. The maximum absolute atomic E-state index is 3.80. The summed E-state index contributed by atoms with van der Waals surface area (Å²) in [6.07, 6.45) is 1.86. The van der Waals surface area contributed by atoms with E-state index in [1.165, 1.54) is 122 Å². The van der Waals surface area contributed by atoms with Crippen LogP contribution >= 0.6 is 0 Å². The van der Waals surface area contributed by atoms with Gasteiger partial charge in [-0.25, -0.2) is 0 Å². The van der Waals surface area contributed by atoms with Crippen LogP contribution in [0, 0.1) is 0 Å². The van der Waals surface area contributed by atoms with Crippen LogP contribution in [0.5, 0.6) is 0 Å². The molecule has 0 saturated carbocycles. The van der Waals surface area contributed by atoms with Crippen molar-refractivity contribution in [3.63, 3.8) is 0 Å². The minimum Gasteiger partial charge on any atom is -0.356 e. The lowest BCUT2D eigenvalue weighted by atomic mass is 9.82. The zero-order chi connectivity index (χ0) is 71.0. The Labute approximate surface area is 609 Å². The van der Waals surface area contributed by atoms with Crippen molar-refractivity contribution < 1.29 is 0 Å². The number of nitrogens with one attached hydrogen (secondary N) is 4. The van der Waals surface area contributed by atoms with Crippen LogP contribution in [0.25, 0.3) is 72.5 Å². The Hall–Kier alpha value is -11.7. The van der Waals surface area contributed by atoms with Gasteiger partial charge in [-0.05, 0) is 225 Å². The number of anilines is 8. The lowest BCUT2D eigenvalue weighted by Gasteiger charge is -2.23. The number of hydrogen-bond acceptors (Lipinski definition) is 4. The number of fused-ring (bicyclic) bond motifs is 16. The summed E-state index contributed by atoms with van der Waals surface area (Å²) in [6, 6.07) is 111. The Kier molecular flexibility index (Phi) is 16.4. The topological polar surface area (TPSA) is 48.1 Å². The summed E-state index contributed by atoms with van der Waals surface area (Å²) in [7, 11) is 0. The van der Waals surface area contributed by atoms with E-state index in [0.717, 1.165) is 51.1 Å². The first-order valence-corrected chi connectivity index (χ1v) is 36.3. The van der Waals surface area contributed by atoms with Crippen molar-refractivity contribution in [3.05, 3.63) is 377 Å². The van der Waals surface area contributed by atoms with Gasteiger partial charge in [0.05, 0.1) is 0 Å². The fourth-order valence-corrected chi connectivity index (χ4v) is 17.1. The highest BCUT2D eigenvalue weighted by atomic mass is 14.9. The minimum atomic E-state index is 0.0190. The van der Waals surface area contributed by atoms with E-state index in [0.29, 0.717) is 0 Å². The highest BCUT2D eigenvalue weighted by Crippen LogP contribution is 2.55. The zero-order valence-corrected chi connectivity index (χ0v) is 60.7. The zero-order valence-electron chi connectivity index (χ0n) is 60.7. The third kappa shape index (κ3) is 11.8. The Morgan fingerprint density at radius 2 is 0.447 bits per heavy atom. The highest BCUT2D eigenvalue weighted by Gasteiger charge is 2.40. The molecular weight excluding hydrogens is 1250 g/mol. The van der Waals surface area contributed by atoms with Crippen molar-refractivity contribution in [2.45, 2.75) is 96.3 Å². The van der Waals surface area contributed by atoms with Crippen molar-refractivity contribution in [1.82, 2.24) is 0 Å². The summed E-state index contributed by atoms with van der Waals surface area (Å²) < 4.78 is 0. The highest BCUT2D eigenvalue weighted by molar-refractivity contribution is 5.91. The van der Waals surface area contributed by atoms with Crippen LogP contribution in [-0.2, 0) is 27.1 Å². The molecule has 4 N–H and O–H groups in total. The third-order valence-electron chi connectivity index (χ3n) is 22.7. The average molecular weight is 1330 g/mol. The minimum absolute atomic E-state index is 0.0190. The van der Waals surface area contributed by atoms with E-state index in [2.05, 4.69) is 388 Å². The molecule has 19 rings (SSSR count). The summed E-state index contributed by atoms with van der Waals surface area (Å²) in [5, 5.41) is 16.8. The molecule has 504 valence electrons. The lowest BCUT2D eigenvalue weighted by molar-refractivity contribution is 0.660. The number of benzene rings is 14. The maximum atomic E-state index is 3.80. The van der Waals surface area contributed by atoms with Crippen molar-refractivity contribution >= 4 is 62.3 Å². The van der Waals surface area contributed by atoms with Crippen molar-refractivity contribution in [2.24, 2.45) is 0 Å². The van der Waals surface area contributed by atoms with Gasteiger partial charge in [-0.1, -0.05) is 294 Å². The summed E-state index contributed by atoms with van der Waals surface area (Å²) >= 11 is 0. The molecule has 4 heteroatoms. The SMILES string of the molecule is C=Cc1ccc(Nc2ccc3c(c2)-c2ccccc2C3(C)C)cc1.CC1(C)c2ccccc2-c2cc(Nc3ccc4ccccc4c3)ccc21.CC1(C)c2ccccc2-c2cc(Nc3ccccc3)ccc21.CC1(C)c2ccccc2-c2ccc(Nc3ccc4c(c3)C(C)(C)c3ccccc3-4)cc21. The molecule has 14 aromatic carbocycles. The second-order valence-electron chi connectivity index (χ2n) is 30.9. The van der Waals surface area contributed by atoms with Gasteiger partial charge in [0.1, 0.15) is 0 Å². The van der Waals surface area contributed by atoms with Crippen LogP contribution in [-0.4, -0.2) is 0 Å². The molecule has 103 heavy (non-hydrogen) atoms. The first-order chi connectivity index (χ1) is 49.7. The molecule has 0 amide bonds. The van der Waals surface area contributed by atoms with Gasteiger partial charge in [-0.2, -0.15) is 0 Å². The molecule has 0 aliphatic heterocycles. The van der Waals surface area contributed by atoms with Gasteiger partial charge in [0.2, 0.25) is 0 Å². The molecular formula is C99H88N4. The Bertz CT molecular complexity index is 5520. The predicted octanol–water partition coefficient (Wildman–Crippen LogP) is 27.0. The van der Waals surface area contributed by atoms with Crippen molar-refractivity contribution in [2.75, 3.05) is 21.3 Å². The molecule has 0 saturated heterocycles. The first kappa shape index (κ1) is 65.9. The molecule has 0 atom stereocenters. The largest absolute Gasteiger partial charge is 0.356 e. The van der Waals surface area contributed by atoms with Gasteiger partial charge in [-0.15, -0.1) is 0 Å². The molecule has 0 aromatic heterocycles. The first-order valence-electron chi connectivity index (χ1n) is 36.3. The fourth-order valence-electron chi connectivity index (χ4n) is 17.1. The van der Waals surface area contributed by atoms with Crippen LogP contribution in [0.2, 0.25) is 0 Å². The smallest absolute Gasteiger partial charge is 0.0390 e. The predicted molar refractivity (Wildman–Crippen MR) is 440 cm³/mol. The van der Waals surface area contributed by atoms with E-state index in [9.17, 15) is 0 Å². The molecule has 0 fully saturated rings. The van der Waals surface area contributed by atoms with E-state index in [4.69, 9.17) is 0 Å². The second-order valence-corrected chi connectivity index (χ2v) is 30.9. The molecule has 0 radical (unpaired) electrons. The Morgan fingerprint density at radius 3 is 0.835 bits per heavy atom. The van der Waals surface area contributed by atoms with Crippen LogP contribution < -0.4 is 21.3 Å². The number of rotatable bonds is 9. The summed E-state index contributed by atoms with van der Waals surface area (Å²) in [6.45, 7) is 27.0. The Balaban J connectivity index is 0.000000107. The summed E-state index contributed by atoms with van der Waals surface area (Å²) in [4.78, 5) is 0. The molecule has 0 heterocycles. The van der Waals surface area contributed by atoms with Gasteiger partial charge in [0.25, 0.3) is 0 Å². The van der Waals surface area contributed by atoms with Gasteiger partial charge in [0.15, 0.2) is 0 Å². The van der Waals surface area contributed by atoms with Gasteiger partial charge >= 0.3 is 0 Å². The number of hydrogen-bond donors (Lipinski definition) is 4. The normalized spacial score (nSPS) is 14.7. The van der Waals surface area contributed by atoms with E-state index < -0.39 is 0 Å². The van der Waals surface area contributed by atoms with Crippen LogP contribution in [0.4, 0.5) is 45.5 Å². The van der Waals surface area contributed by atoms with Gasteiger partial charge < -0.3 is 21.3 Å². The molecule has 5 aliphatic carbocycles. The maximum Gasteiger partial charge on any atom is 0.0390 e. The lowest BCUT2D eigenvalue weighted by Crippen LogP contribution is -2.15. The van der Waals surface area contributed by atoms with Crippen molar-refractivity contribution in [1.29, 1.82) is 0 Å². The molecule has 0 bridgehead atoms. The van der Waals surface area contributed by atoms with Crippen LogP contribution in [0.1, 0.15) is 130 Å². The van der Waals surface area contributed by atoms with Gasteiger partial charge in [0, 0.05) is 72.6 Å². The fraction of sp³-hybridized carbons (Fsp3) is 0.152. The second kappa shape index (κ2) is 25.7. The third-order valence-corrected chi connectivity index (χ3v) is 22.7. The van der Waals surface area contributed by atoms with E-state index in [1.807, 2.05) is 24.3 Å². The summed E-state index contributed by atoms with van der Waals surface area (Å²) in [5.74, 6) is 0. The van der Waals surface area contributed by atoms with Crippen LogP contribution in [0.15, 0.2) is 316 Å². The van der Waals surface area contributed by atoms with Gasteiger partial charge in [-0.3, -0.25) is 0 Å². The Morgan fingerprint density at radius 1 is 0.194 bits per heavy atom.